The largest absolute Gasteiger partial charge is 0.243 e. The molecule has 15 heavy (non-hydrogen) atoms. The molecule has 0 N–H and O–H groups in total. The second-order valence-corrected chi connectivity index (χ2v) is 4.40. The molecule has 1 aromatic heterocycles. The lowest BCUT2D eigenvalue weighted by Crippen LogP contribution is -1.99. The third kappa shape index (κ3) is 1.34. The number of aryl methyl sites for hydroxylation is 1. The lowest BCUT2D eigenvalue weighted by atomic mass is 9.90. The summed E-state index contributed by atoms with van der Waals surface area (Å²) >= 11 is 0. The van der Waals surface area contributed by atoms with Gasteiger partial charge in [0.25, 0.3) is 0 Å². The number of fused-ring (bicyclic) bond motifs is 1. The van der Waals surface area contributed by atoms with Gasteiger partial charge in [0.2, 0.25) is 0 Å². The molecule has 0 atom stereocenters. The average Bonchev–Trinajstić information content (AvgIpc) is 2.62. The second-order valence-electron chi connectivity index (χ2n) is 4.40. The topological polar surface area (TPSA) is 38.9 Å². The van der Waals surface area contributed by atoms with Crippen LogP contribution in [0, 0.1) is 20.8 Å². The summed E-state index contributed by atoms with van der Waals surface area (Å²) in [6.07, 6.45) is 0. The van der Waals surface area contributed by atoms with E-state index < -0.39 is 0 Å². The Balaban J connectivity index is 2.94. The van der Waals surface area contributed by atoms with Gasteiger partial charge in [-0.05, 0) is 59.3 Å². The molecule has 2 aromatic rings. The maximum Gasteiger partial charge on any atom is 0.139 e. The Kier molecular flexibility index (Phi) is 2.25. The first-order valence-electron chi connectivity index (χ1n) is 5.26. The van der Waals surface area contributed by atoms with E-state index in [0.717, 1.165) is 11.0 Å². The Morgan fingerprint density at radius 3 is 2.07 bits per heavy atom. The fourth-order valence-corrected chi connectivity index (χ4v) is 2.16. The third-order valence-corrected chi connectivity index (χ3v) is 3.21. The molecule has 0 amide bonds. The highest BCUT2D eigenvalue weighted by molar-refractivity contribution is 5.83. The molecule has 0 unspecified atom stereocenters. The maximum absolute atomic E-state index is 4.85. The minimum atomic E-state index is 0.443. The first-order valence-corrected chi connectivity index (χ1v) is 5.26. The minimum absolute atomic E-state index is 0.443. The van der Waals surface area contributed by atoms with Crippen LogP contribution >= 0.6 is 0 Å². The molecule has 0 spiro atoms. The summed E-state index contributed by atoms with van der Waals surface area (Å²) < 4.78 is 4.85. The molecule has 0 aliphatic heterocycles. The van der Waals surface area contributed by atoms with Crippen LogP contribution in [-0.4, -0.2) is 10.3 Å². The number of nitrogens with zero attached hydrogens (tertiary/aromatic N) is 2. The van der Waals surface area contributed by atoms with Gasteiger partial charge in [0.05, 0.1) is 0 Å². The van der Waals surface area contributed by atoms with Crippen molar-refractivity contribution in [3.05, 3.63) is 22.3 Å². The van der Waals surface area contributed by atoms with Crippen molar-refractivity contribution in [1.29, 1.82) is 0 Å². The highest BCUT2D eigenvalue weighted by Gasteiger charge is 2.17. The molecule has 0 saturated heterocycles. The predicted molar refractivity (Wildman–Crippen MR) is 60.1 cm³/mol. The van der Waals surface area contributed by atoms with Crippen LogP contribution in [-0.2, 0) is 0 Å². The van der Waals surface area contributed by atoms with Gasteiger partial charge in [-0.2, -0.15) is 0 Å². The summed E-state index contributed by atoms with van der Waals surface area (Å²) in [5.41, 5.74) is 6.86. The standard InChI is InChI=1S/C12H16N2O/c1-6(2)10-8(4)7(3)9(5)11-12(10)14-15-13-11/h6H,1-5H3. The van der Waals surface area contributed by atoms with Crippen molar-refractivity contribution < 1.29 is 4.63 Å². The molecule has 2 rings (SSSR count). The molecule has 0 bridgehead atoms. The predicted octanol–water partition coefficient (Wildman–Crippen LogP) is 3.27. The van der Waals surface area contributed by atoms with E-state index in [1.54, 1.807) is 0 Å². The van der Waals surface area contributed by atoms with Crippen LogP contribution in [0.15, 0.2) is 4.63 Å². The van der Waals surface area contributed by atoms with E-state index in [-0.39, 0.29) is 0 Å². The van der Waals surface area contributed by atoms with Gasteiger partial charge in [-0.15, -0.1) is 0 Å². The van der Waals surface area contributed by atoms with Crippen LogP contribution in [0.2, 0.25) is 0 Å². The molecule has 0 aliphatic rings. The molecule has 1 aromatic carbocycles. The average molecular weight is 204 g/mol. The van der Waals surface area contributed by atoms with Crippen LogP contribution in [0.25, 0.3) is 11.0 Å². The second kappa shape index (κ2) is 3.33. The molecule has 80 valence electrons. The van der Waals surface area contributed by atoms with Gasteiger partial charge in [0, 0.05) is 0 Å². The van der Waals surface area contributed by atoms with E-state index in [0.29, 0.717) is 5.92 Å². The fraction of sp³-hybridized carbons (Fsp3) is 0.500. The van der Waals surface area contributed by atoms with Crippen molar-refractivity contribution in [2.45, 2.75) is 40.5 Å². The smallest absolute Gasteiger partial charge is 0.139 e. The number of benzene rings is 1. The first-order chi connectivity index (χ1) is 7.04. The summed E-state index contributed by atoms with van der Waals surface area (Å²) in [4.78, 5) is 0. The quantitative estimate of drug-likeness (QED) is 0.715. The molecule has 0 saturated carbocycles. The van der Waals surface area contributed by atoms with Crippen molar-refractivity contribution in [2.24, 2.45) is 0 Å². The van der Waals surface area contributed by atoms with Crippen molar-refractivity contribution in [2.75, 3.05) is 0 Å². The summed E-state index contributed by atoms with van der Waals surface area (Å²) in [6.45, 7) is 10.7. The number of hydrogen-bond donors (Lipinski definition) is 0. The molecule has 1 heterocycles. The van der Waals surface area contributed by atoms with E-state index in [4.69, 9.17) is 4.63 Å². The molecule has 0 aliphatic carbocycles. The van der Waals surface area contributed by atoms with Crippen molar-refractivity contribution in [3.8, 4) is 0 Å². The zero-order valence-corrected chi connectivity index (χ0v) is 9.88. The summed E-state index contributed by atoms with van der Waals surface area (Å²) in [5.74, 6) is 0.443. The number of hydrogen-bond acceptors (Lipinski definition) is 3. The zero-order valence-electron chi connectivity index (χ0n) is 9.88. The van der Waals surface area contributed by atoms with E-state index >= 15 is 0 Å². The van der Waals surface area contributed by atoms with Gasteiger partial charge in [-0.3, -0.25) is 0 Å². The third-order valence-electron chi connectivity index (χ3n) is 3.21. The highest BCUT2D eigenvalue weighted by atomic mass is 16.6. The van der Waals surface area contributed by atoms with Crippen LogP contribution in [0.5, 0.6) is 0 Å². The van der Waals surface area contributed by atoms with Gasteiger partial charge in [-0.25, -0.2) is 4.63 Å². The van der Waals surface area contributed by atoms with Gasteiger partial charge >= 0.3 is 0 Å². The molecular weight excluding hydrogens is 188 g/mol. The summed E-state index contributed by atoms with van der Waals surface area (Å²) in [5, 5.41) is 7.99. The van der Waals surface area contributed by atoms with Crippen molar-refractivity contribution in [1.82, 2.24) is 10.3 Å². The maximum atomic E-state index is 4.85. The first kappa shape index (κ1) is 10.1. The van der Waals surface area contributed by atoms with E-state index in [2.05, 4.69) is 44.9 Å². The lowest BCUT2D eigenvalue weighted by Gasteiger charge is -2.14. The Morgan fingerprint density at radius 2 is 1.47 bits per heavy atom. The summed E-state index contributed by atoms with van der Waals surface area (Å²) in [7, 11) is 0. The van der Waals surface area contributed by atoms with Gasteiger partial charge in [-0.1, -0.05) is 13.8 Å². The van der Waals surface area contributed by atoms with E-state index in [9.17, 15) is 0 Å². The van der Waals surface area contributed by atoms with Gasteiger partial charge in [0.1, 0.15) is 11.0 Å². The van der Waals surface area contributed by atoms with E-state index in [1.807, 2.05) is 0 Å². The Morgan fingerprint density at radius 1 is 0.867 bits per heavy atom. The van der Waals surface area contributed by atoms with Crippen molar-refractivity contribution >= 4 is 11.0 Å². The van der Waals surface area contributed by atoms with Gasteiger partial charge < -0.3 is 0 Å². The lowest BCUT2D eigenvalue weighted by molar-refractivity contribution is 0.315. The van der Waals surface area contributed by atoms with Crippen LogP contribution in [0.4, 0.5) is 0 Å². The molecule has 0 fully saturated rings. The van der Waals surface area contributed by atoms with E-state index in [1.165, 1.54) is 22.3 Å². The van der Waals surface area contributed by atoms with Crippen molar-refractivity contribution in [3.63, 3.8) is 0 Å². The Hall–Kier alpha value is -1.38. The molecule has 3 heteroatoms. The van der Waals surface area contributed by atoms with Gasteiger partial charge in [0.15, 0.2) is 0 Å². The molecular formula is C12H16N2O. The summed E-state index contributed by atoms with van der Waals surface area (Å²) in [6, 6.07) is 0. The normalized spacial score (nSPS) is 11.6. The number of rotatable bonds is 1. The molecule has 0 radical (unpaired) electrons. The fourth-order valence-electron chi connectivity index (χ4n) is 2.16. The highest BCUT2D eigenvalue weighted by Crippen LogP contribution is 2.31. The Bertz CT molecular complexity index is 512. The van der Waals surface area contributed by atoms with Crippen LogP contribution in [0.1, 0.15) is 42.0 Å². The molecule has 3 nitrogen and oxygen atoms in total. The SMILES string of the molecule is Cc1c(C)c(C(C)C)c2nonc2c1C. The van der Waals surface area contributed by atoms with Crippen LogP contribution in [0.3, 0.4) is 0 Å². The zero-order chi connectivity index (χ0) is 11.2. The monoisotopic (exact) mass is 204 g/mol. The Labute approximate surface area is 89.4 Å². The number of aromatic nitrogens is 2. The van der Waals surface area contributed by atoms with Crippen LogP contribution < -0.4 is 0 Å². The minimum Gasteiger partial charge on any atom is -0.243 e.